The van der Waals surface area contributed by atoms with Gasteiger partial charge in [-0.25, -0.2) is 0 Å². The van der Waals surface area contributed by atoms with Gasteiger partial charge in [0.2, 0.25) is 0 Å². The molecule has 11 heavy (non-hydrogen) atoms. The van der Waals surface area contributed by atoms with Crippen molar-refractivity contribution in [1.82, 2.24) is 0 Å². The minimum atomic E-state index is 0.0898. The van der Waals surface area contributed by atoms with Crippen LogP contribution in [-0.2, 0) is 0 Å². The van der Waals surface area contributed by atoms with Gasteiger partial charge in [-0.1, -0.05) is 25.2 Å². The molecule has 0 aromatic carbocycles. The van der Waals surface area contributed by atoms with Crippen LogP contribution in [0.2, 0.25) is 0 Å². The summed E-state index contributed by atoms with van der Waals surface area (Å²) < 4.78 is 0. The van der Waals surface area contributed by atoms with Crippen LogP contribution in [0, 0.1) is 0 Å². The summed E-state index contributed by atoms with van der Waals surface area (Å²) in [7, 11) is 0. The van der Waals surface area contributed by atoms with Gasteiger partial charge in [-0.15, -0.1) is 0 Å². The summed E-state index contributed by atoms with van der Waals surface area (Å²) in [5, 5.41) is 0. The highest BCUT2D eigenvalue weighted by atomic mass is 14.9. The van der Waals surface area contributed by atoms with E-state index < -0.39 is 0 Å². The number of rotatable bonds is 3. The van der Waals surface area contributed by atoms with Gasteiger partial charge in [0.15, 0.2) is 0 Å². The van der Waals surface area contributed by atoms with E-state index >= 15 is 0 Å². The van der Waals surface area contributed by atoms with Crippen LogP contribution in [0.5, 0.6) is 0 Å². The second kappa shape index (κ2) is 3.51. The molecule has 1 rings (SSSR count). The molecule has 0 saturated carbocycles. The Hall–Kier alpha value is -0.850. The fourth-order valence-electron chi connectivity index (χ4n) is 1.25. The molecule has 0 aliphatic carbocycles. The zero-order chi connectivity index (χ0) is 8.16. The second-order valence-corrected chi connectivity index (χ2v) is 2.87. The minimum absolute atomic E-state index is 0.0898. The third-order valence-electron chi connectivity index (χ3n) is 2.14. The molecule has 0 bridgehead atoms. The van der Waals surface area contributed by atoms with Crippen LogP contribution in [0.15, 0.2) is 29.3 Å². The van der Waals surface area contributed by atoms with Gasteiger partial charge in [0.05, 0.1) is 5.54 Å². The fraction of sp³-hybridized carbons (Fsp3) is 0.500. The van der Waals surface area contributed by atoms with Crippen LogP contribution < -0.4 is 0 Å². The lowest BCUT2D eigenvalue weighted by molar-refractivity contribution is 0.529. The molecule has 0 N–H and O–H groups in total. The molecule has 1 atom stereocenters. The molecule has 0 amide bonds. The van der Waals surface area contributed by atoms with Crippen LogP contribution in [0.25, 0.3) is 0 Å². The molecule has 0 fully saturated rings. The van der Waals surface area contributed by atoms with Gasteiger partial charge in [0.1, 0.15) is 0 Å². The van der Waals surface area contributed by atoms with Gasteiger partial charge in [-0.3, -0.25) is 4.99 Å². The molecule has 1 aliphatic rings. The third-order valence-corrected chi connectivity index (χ3v) is 2.14. The van der Waals surface area contributed by atoms with Crippen molar-refractivity contribution in [3.05, 3.63) is 24.3 Å². The van der Waals surface area contributed by atoms with E-state index in [1.807, 2.05) is 19.2 Å². The largest absolute Gasteiger partial charge is 0.282 e. The standard InChI is InChI=1S/C10H15N/c1-3-5-7-10(4-2)8-6-9-11-10/h3,5-6,8-9H,4,7H2,1-2H3. The molecule has 0 spiro atoms. The normalized spacial score (nSPS) is 28.9. The molecular formula is C10H15N. The van der Waals surface area contributed by atoms with Gasteiger partial charge in [0, 0.05) is 6.21 Å². The summed E-state index contributed by atoms with van der Waals surface area (Å²) in [4.78, 5) is 4.44. The molecule has 1 nitrogen and oxygen atoms in total. The molecule has 0 saturated heterocycles. The summed E-state index contributed by atoms with van der Waals surface area (Å²) in [6, 6.07) is 0. The summed E-state index contributed by atoms with van der Waals surface area (Å²) in [6.07, 6.45) is 12.5. The third kappa shape index (κ3) is 1.79. The summed E-state index contributed by atoms with van der Waals surface area (Å²) in [6.45, 7) is 4.22. The minimum Gasteiger partial charge on any atom is -0.282 e. The lowest BCUT2D eigenvalue weighted by atomic mass is 9.93. The van der Waals surface area contributed by atoms with Crippen LogP contribution in [0.3, 0.4) is 0 Å². The predicted octanol–water partition coefficient (Wildman–Crippen LogP) is 2.74. The zero-order valence-corrected chi connectivity index (χ0v) is 7.25. The Labute approximate surface area is 68.5 Å². The molecule has 60 valence electrons. The maximum absolute atomic E-state index is 4.44. The lowest BCUT2D eigenvalue weighted by Crippen LogP contribution is -2.18. The lowest BCUT2D eigenvalue weighted by Gasteiger charge is -2.19. The SMILES string of the molecule is CC=CCC1(CC)C=CC=N1. The van der Waals surface area contributed by atoms with Crippen molar-refractivity contribution in [2.45, 2.75) is 32.2 Å². The fourth-order valence-corrected chi connectivity index (χ4v) is 1.25. The first kappa shape index (κ1) is 8.25. The van der Waals surface area contributed by atoms with E-state index in [1.165, 1.54) is 0 Å². The Balaban J connectivity index is 2.61. The number of hydrogen-bond donors (Lipinski definition) is 0. The molecule has 1 unspecified atom stereocenters. The first-order valence-electron chi connectivity index (χ1n) is 4.17. The van der Waals surface area contributed by atoms with Crippen LogP contribution in [0.4, 0.5) is 0 Å². The second-order valence-electron chi connectivity index (χ2n) is 2.87. The van der Waals surface area contributed by atoms with Crippen molar-refractivity contribution in [2.24, 2.45) is 4.99 Å². The smallest absolute Gasteiger partial charge is 0.0822 e. The van der Waals surface area contributed by atoms with Crippen LogP contribution in [0.1, 0.15) is 26.7 Å². The molecule has 0 radical (unpaired) electrons. The van der Waals surface area contributed by atoms with Crippen LogP contribution >= 0.6 is 0 Å². The van der Waals surface area contributed by atoms with Crippen molar-refractivity contribution in [1.29, 1.82) is 0 Å². The molecule has 0 aromatic rings. The Morgan fingerprint density at radius 3 is 2.82 bits per heavy atom. The Morgan fingerprint density at radius 1 is 1.55 bits per heavy atom. The van der Waals surface area contributed by atoms with E-state index in [4.69, 9.17) is 0 Å². The monoisotopic (exact) mass is 149 g/mol. The number of aliphatic imine (C=N–C) groups is 1. The van der Waals surface area contributed by atoms with Gasteiger partial charge in [0.25, 0.3) is 0 Å². The molecular weight excluding hydrogens is 134 g/mol. The van der Waals surface area contributed by atoms with Crippen molar-refractivity contribution in [3.8, 4) is 0 Å². The van der Waals surface area contributed by atoms with E-state index in [2.05, 4.69) is 30.1 Å². The summed E-state index contributed by atoms with van der Waals surface area (Å²) in [5.41, 5.74) is 0.0898. The Kier molecular flexibility index (Phi) is 2.64. The van der Waals surface area contributed by atoms with E-state index in [-0.39, 0.29) is 5.54 Å². The molecule has 0 aromatic heterocycles. The average Bonchev–Trinajstić information content (AvgIpc) is 2.50. The molecule has 1 heteroatoms. The van der Waals surface area contributed by atoms with Crippen molar-refractivity contribution in [3.63, 3.8) is 0 Å². The Morgan fingerprint density at radius 2 is 2.36 bits per heavy atom. The highest BCUT2D eigenvalue weighted by molar-refractivity contribution is 5.75. The van der Waals surface area contributed by atoms with Crippen molar-refractivity contribution >= 4 is 6.21 Å². The first-order valence-corrected chi connectivity index (χ1v) is 4.17. The quantitative estimate of drug-likeness (QED) is 0.547. The van der Waals surface area contributed by atoms with E-state index in [1.54, 1.807) is 0 Å². The maximum atomic E-state index is 4.44. The van der Waals surface area contributed by atoms with Crippen molar-refractivity contribution < 1.29 is 0 Å². The highest BCUT2D eigenvalue weighted by Gasteiger charge is 2.23. The molecule has 1 heterocycles. The van der Waals surface area contributed by atoms with Gasteiger partial charge in [-0.2, -0.15) is 0 Å². The highest BCUT2D eigenvalue weighted by Crippen LogP contribution is 2.25. The number of allylic oxidation sites excluding steroid dienone is 2. The Bertz CT molecular complexity index is 187. The summed E-state index contributed by atoms with van der Waals surface area (Å²) >= 11 is 0. The number of hydrogen-bond acceptors (Lipinski definition) is 1. The van der Waals surface area contributed by atoms with E-state index in [0.717, 1.165) is 12.8 Å². The predicted molar refractivity (Wildman–Crippen MR) is 50.1 cm³/mol. The van der Waals surface area contributed by atoms with E-state index in [0.29, 0.717) is 0 Å². The zero-order valence-electron chi connectivity index (χ0n) is 7.25. The van der Waals surface area contributed by atoms with Gasteiger partial charge >= 0.3 is 0 Å². The van der Waals surface area contributed by atoms with Crippen molar-refractivity contribution in [2.75, 3.05) is 0 Å². The van der Waals surface area contributed by atoms with E-state index in [9.17, 15) is 0 Å². The topological polar surface area (TPSA) is 12.4 Å². The molecule has 1 aliphatic heterocycles. The maximum Gasteiger partial charge on any atom is 0.0822 e. The van der Waals surface area contributed by atoms with Gasteiger partial charge in [-0.05, 0) is 25.8 Å². The van der Waals surface area contributed by atoms with Crippen LogP contribution in [-0.4, -0.2) is 11.8 Å². The van der Waals surface area contributed by atoms with Gasteiger partial charge < -0.3 is 0 Å². The summed E-state index contributed by atoms with van der Waals surface area (Å²) in [5.74, 6) is 0. The number of nitrogens with zero attached hydrogens (tertiary/aromatic N) is 1. The average molecular weight is 149 g/mol. The first-order chi connectivity index (χ1) is 5.33.